The number of hydrogen-bond acceptors (Lipinski definition) is 5. The number of rotatable bonds is 4. The number of nitrogens with one attached hydrogen (secondary N) is 2. The lowest BCUT2D eigenvalue weighted by atomic mass is 9.68. The third kappa shape index (κ3) is 3.13. The van der Waals surface area contributed by atoms with Crippen LogP contribution in [-0.4, -0.2) is 36.6 Å². The maximum atomic E-state index is 13.9. The number of allylic oxidation sites excluding steroid dienone is 1. The fourth-order valence-corrected chi connectivity index (χ4v) is 5.37. The lowest BCUT2D eigenvalue weighted by molar-refractivity contribution is 0.308. The highest BCUT2D eigenvalue weighted by Crippen LogP contribution is 2.46. The number of halogens is 1. The van der Waals surface area contributed by atoms with Gasteiger partial charge >= 0.3 is 7.12 Å². The zero-order chi connectivity index (χ0) is 20.2. The van der Waals surface area contributed by atoms with Crippen molar-refractivity contribution in [3.8, 4) is 5.75 Å². The Labute approximate surface area is 166 Å². The summed E-state index contributed by atoms with van der Waals surface area (Å²) in [5.74, 6) is 1.42. The number of aromatic amines is 1. The van der Waals surface area contributed by atoms with E-state index in [1.54, 1.807) is 18.4 Å². The zero-order valence-corrected chi connectivity index (χ0v) is 16.0. The maximum Gasteiger partial charge on any atom is 0.552 e. The highest BCUT2D eigenvalue weighted by molar-refractivity contribution is 7.89. The van der Waals surface area contributed by atoms with E-state index in [4.69, 9.17) is 4.65 Å². The smallest absolute Gasteiger partial charge is 0.531 e. The van der Waals surface area contributed by atoms with Gasteiger partial charge in [-0.15, -0.1) is 0 Å². The third-order valence-corrected chi connectivity index (χ3v) is 6.99. The third-order valence-electron chi connectivity index (χ3n) is 5.44. The molecule has 7 nitrogen and oxygen atoms in total. The first kappa shape index (κ1) is 18.4. The minimum Gasteiger partial charge on any atom is -0.531 e. The number of hydrogen-bond donors (Lipinski definition) is 3. The molecule has 3 N–H and O–H groups in total. The molecule has 148 valence electrons. The van der Waals surface area contributed by atoms with E-state index in [2.05, 4.69) is 14.7 Å². The Kier molecular flexibility index (Phi) is 4.23. The van der Waals surface area contributed by atoms with Gasteiger partial charge in [-0.2, -0.15) is 0 Å². The van der Waals surface area contributed by atoms with Crippen LogP contribution in [0.2, 0.25) is 0 Å². The number of nitrogens with zero attached hydrogens (tertiary/aromatic N) is 1. The molecule has 0 atom stereocenters. The first-order chi connectivity index (χ1) is 13.9. The van der Waals surface area contributed by atoms with Crippen molar-refractivity contribution in [3.63, 3.8) is 0 Å². The first-order valence-electron chi connectivity index (χ1n) is 9.22. The van der Waals surface area contributed by atoms with E-state index in [0.29, 0.717) is 24.2 Å². The van der Waals surface area contributed by atoms with E-state index in [9.17, 15) is 17.8 Å². The fraction of sp³-hybridized carbons (Fsp3) is 0.211. The molecule has 0 radical (unpaired) electrons. The Morgan fingerprint density at radius 1 is 1.28 bits per heavy atom. The summed E-state index contributed by atoms with van der Waals surface area (Å²) in [4.78, 5) is 6.99. The molecule has 0 amide bonds. The predicted octanol–water partition coefficient (Wildman–Crippen LogP) is 2.25. The van der Waals surface area contributed by atoms with E-state index >= 15 is 0 Å². The zero-order valence-electron chi connectivity index (χ0n) is 15.2. The number of sulfonamides is 1. The quantitative estimate of drug-likeness (QED) is 0.570. The number of benzene rings is 1. The molecular weight excluding hydrogens is 396 g/mol. The van der Waals surface area contributed by atoms with Gasteiger partial charge in [-0.05, 0) is 48.5 Å². The Balaban J connectivity index is 1.38. The van der Waals surface area contributed by atoms with Gasteiger partial charge in [0.05, 0.1) is 6.20 Å². The van der Waals surface area contributed by atoms with Crippen molar-refractivity contribution in [1.82, 2.24) is 14.7 Å². The molecule has 0 saturated heterocycles. The van der Waals surface area contributed by atoms with Crippen molar-refractivity contribution in [2.75, 3.05) is 0 Å². The van der Waals surface area contributed by atoms with E-state index < -0.39 is 23.0 Å². The van der Waals surface area contributed by atoms with Crippen molar-refractivity contribution in [2.24, 2.45) is 5.92 Å². The molecule has 29 heavy (non-hydrogen) atoms. The highest BCUT2D eigenvalue weighted by Gasteiger charge is 2.39. The van der Waals surface area contributed by atoms with Crippen LogP contribution >= 0.6 is 0 Å². The SMILES string of the molecule is O=S(=O)(NC1CC(C2=CB(O)Oc3cnc4[nH]ccc4c32)C1)c1ccccc1F. The summed E-state index contributed by atoms with van der Waals surface area (Å²) in [5, 5.41) is 10.9. The van der Waals surface area contributed by atoms with Crippen LogP contribution in [0.4, 0.5) is 4.39 Å². The number of aromatic nitrogens is 2. The fourth-order valence-electron chi connectivity index (χ4n) is 4.03. The van der Waals surface area contributed by atoms with Crippen molar-refractivity contribution in [2.45, 2.75) is 23.8 Å². The van der Waals surface area contributed by atoms with Crippen molar-refractivity contribution < 1.29 is 22.5 Å². The molecule has 1 saturated carbocycles. The lowest BCUT2D eigenvalue weighted by Gasteiger charge is -2.39. The van der Waals surface area contributed by atoms with Crippen molar-refractivity contribution in [1.29, 1.82) is 0 Å². The molecule has 3 aromatic rings. The molecule has 2 aliphatic rings. The second-order valence-electron chi connectivity index (χ2n) is 7.28. The Morgan fingerprint density at radius 3 is 2.86 bits per heavy atom. The van der Waals surface area contributed by atoms with Crippen molar-refractivity contribution in [3.05, 3.63) is 60.1 Å². The average Bonchev–Trinajstić information content (AvgIpc) is 3.12. The number of H-pyrrole nitrogens is 1. The molecule has 1 aliphatic heterocycles. The molecule has 10 heteroatoms. The summed E-state index contributed by atoms with van der Waals surface area (Å²) in [6, 6.07) is 6.90. The minimum absolute atomic E-state index is 0.0427. The van der Waals surface area contributed by atoms with E-state index in [1.165, 1.54) is 18.2 Å². The second-order valence-corrected chi connectivity index (χ2v) is 8.97. The van der Waals surface area contributed by atoms with Crippen LogP contribution in [0.1, 0.15) is 18.4 Å². The highest BCUT2D eigenvalue weighted by atomic mass is 32.2. The van der Waals surface area contributed by atoms with Crippen LogP contribution in [-0.2, 0) is 10.0 Å². The standard InChI is InChI=1S/C19H17BFN3O4S/c21-15-3-1-2-4-17(15)29(26,27)24-12-7-11(8-12)14-9-20(25)28-16-10-23-19-13(18(14)16)5-6-22-19/h1-6,9-12,24-25H,7-8H2,(H,22,23). The summed E-state index contributed by atoms with van der Waals surface area (Å²) in [6.45, 7) is 0. The van der Waals surface area contributed by atoms with Gasteiger partial charge in [-0.1, -0.05) is 12.1 Å². The van der Waals surface area contributed by atoms with Gasteiger partial charge < -0.3 is 14.7 Å². The van der Waals surface area contributed by atoms with Crippen LogP contribution in [0, 0.1) is 11.7 Å². The average molecular weight is 413 g/mol. The summed E-state index contributed by atoms with van der Waals surface area (Å²) < 4.78 is 46.9. The Bertz CT molecular complexity index is 1240. The van der Waals surface area contributed by atoms with Gasteiger partial charge in [0, 0.05) is 23.2 Å². The molecule has 0 spiro atoms. The van der Waals surface area contributed by atoms with Crippen LogP contribution in [0.3, 0.4) is 0 Å². The van der Waals surface area contributed by atoms with Gasteiger partial charge in [-0.3, -0.25) is 0 Å². The van der Waals surface area contributed by atoms with Crippen LogP contribution in [0.25, 0.3) is 16.6 Å². The van der Waals surface area contributed by atoms with E-state index in [0.717, 1.165) is 22.6 Å². The molecular formula is C19H17BFN3O4S. The van der Waals surface area contributed by atoms with Gasteiger partial charge in [0.2, 0.25) is 10.0 Å². The monoisotopic (exact) mass is 413 g/mol. The molecule has 0 bridgehead atoms. The minimum atomic E-state index is -3.94. The van der Waals surface area contributed by atoms with Crippen LogP contribution < -0.4 is 9.38 Å². The van der Waals surface area contributed by atoms with Gasteiger partial charge in [0.15, 0.2) is 0 Å². The summed E-state index contributed by atoms with van der Waals surface area (Å²) in [7, 11) is -5.01. The summed E-state index contributed by atoms with van der Waals surface area (Å²) in [5.41, 5.74) is 2.49. The molecule has 5 rings (SSSR count). The summed E-state index contributed by atoms with van der Waals surface area (Å²) >= 11 is 0. The topological polar surface area (TPSA) is 104 Å². The molecule has 1 aromatic carbocycles. The van der Waals surface area contributed by atoms with Gasteiger partial charge in [0.25, 0.3) is 0 Å². The Morgan fingerprint density at radius 2 is 2.07 bits per heavy atom. The van der Waals surface area contributed by atoms with Gasteiger partial charge in [-0.25, -0.2) is 22.5 Å². The summed E-state index contributed by atoms with van der Waals surface area (Å²) in [6.07, 6.45) is 4.44. The van der Waals surface area contributed by atoms with E-state index in [1.807, 2.05) is 6.07 Å². The first-order valence-corrected chi connectivity index (χ1v) is 10.7. The lowest BCUT2D eigenvalue weighted by Crippen LogP contribution is -2.45. The normalized spacial score (nSPS) is 21.3. The van der Waals surface area contributed by atoms with Crippen LogP contribution in [0.5, 0.6) is 5.75 Å². The molecule has 2 aromatic heterocycles. The molecule has 3 heterocycles. The van der Waals surface area contributed by atoms with Gasteiger partial charge in [0.1, 0.15) is 22.1 Å². The van der Waals surface area contributed by atoms with Crippen LogP contribution in [0.15, 0.2) is 53.6 Å². The molecule has 1 fully saturated rings. The number of fused-ring (bicyclic) bond motifs is 3. The second kappa shape index (κ2) is 6.69. The molecule has 0 unspecified atom stereocenters. The predicted molar refractivity (Wildman–Crippen MR) is 106 cm³/mol. The number of pyridine rings is 1. The molecule has 1 aliphatic carbocycles. The largest absolute Gasteiger partial charge is 0.552 e. The Hall–Kier alpha value is -2.69. The van der Waals surface area contributed by atoms with E-state index in [-0.39, 0.29) is 16.9 Å². The van der Waals surface area contributed by atoms with Crippen molar-refractivity contribution >= 4 is 33.7 Å². The maximum absolute atomic E-state index is 13.9.